The van der Waals surface area contributed by atoms with Crippen LogP contribution in [0.4, 0.5) is 5.82 Å². The average Bonchev–Trinajstić information content (AvgIpc) is 2.60. The number of hydrogen-bond donors (Lipinski definition) is 2. The van der Waals surface area contributed by atoms with Gasteiger partial charge in [-0.1, -0.05) is 6.42 Å². The molecule has 1 aromatic heterocycles. The van der Waals surface area contributed by atoms with Gasteiger partial charge in [0.05, 0.1) is 0 Å². The number of aryl methyl sites for hydroxylation is 1. The summed E-state index contributed by atoms with van der Waals surface area (Å²) in [5.74, 6) is 1.09. The molecule has 128 valence electrons. The number of aromatic nitrogens is 2. The van der Waals surface area contributed by atoms with Crippen molar-refractivity contribution in [3.63, 3.8) is 0 Å². The maximum Gasteiger partial charge on any atom is 0.154 e. The molecular weight excluding hydrogens is 300 g/mol. The molecule has 24 heavy (non-hydrogen) atoms. The van der Waals surface area contributed by atoms with Crippen LogP contribution in [0.1, 0.15) is 31.2 Å². The quantitative estimate of drug-likeness (QED) is 0.884. The summed E-state index contributed by atoms with van der Waals surface area (Å²) in [7, 11) is 3.90. The van der Waals surface area contributed by atoms with Gasteiger partial charge in [0.2, 0.25) is 0 Å². The lowest BCUT2D eigenvalue weighted by Gasteiger charge is -2.23. The number of phenols is 1. The fraction of sp³-hybridized carbons (Fsp3) is 0.474. The zero-order valence-electron chi connectivity index (χ0n) is 14.5. The Kier molecular flexibility index (Phi) is 5.30. The molecular formula is C19H26N4O. The summed E-state index contributed by atoms with van der Waals surface area (Å²) in [4.78, 5) is 10.8. The van der Waals surface area contributed by atoms with Crippen LogP contribution in [0, 0.1) is 0 Å². The van der Waals surface area contributed by atoms with Crippen molar-refractivity contribution in [3.8, 4) is 17.0 Å². The molecule has 2 N–H and O–H groups in total. The van der Waals surface area contributed by atoms with E-state index in [-0.39, 0.29) is 5.75 Å². The van der Waals surface area contributed by atoms with E-state index in [4.69, 9.17) is 0 Å². The molecule has 0 aliphatic carbocycles. The van der Waals surface area contributed by atoms with E-state index in [9.17, 15) is 5.11 Å². The van der Waals surface area contributed by atoms with Crippen molar-refractivity contribution < 1.29 is 5.11 Å². The van der Waals surface area contributed by atoms with E-state index in [0.29, 0.717) is 6.04 Å². The van der Waals surface area contributed by atoms with Gasteiger partial charge >= 0.3 is 0 Å². The van der Waals surface area contributed by atoms with Crippen molar-refractivity contribution in [1.29, 1.82) is 0 Å². The first kappa shape index (κ1) is 16.7. The maximum absolute atomic E-state index is 10.1. The molecule has 1 aliphatic rings. The summed E-state index contributed by atoms with van der Waals surface area (Å²) in [6.45, 7) is 1.13. The minimum atomic E-state index is 0.287. The van der Waals surface area contributed by atoms with Gasteiger partial charge in [-0.25, -0.2) is 4.98 Å². The lowest BCUT2D eigenvalue weighted by molar-refractivity contribution is 0.382. The van der Waals surface area contributed by atoms with Crippen LogP contribution in [0.5, 0.6) is 5.75 Å². The van der Waals surface area contributed by atoms with Crippen LogP contribution in [0.15, 0.2) is 30.6 Å². The molecule has 0 radical (unpaired) electrons. The topological polar surface area (TPSA) is 61.3 Å². The summed E-state index contributed by atoms with van der Waals surface area (Å²) in [6, 6.07) is 6.34. The van der Waals surface area contributed by atoms with E-state index >= 15 is 0 Å². The van der Waals surface area contributed by atoms with Gasteiger partial charge in [-0.15, -0.1) is 0 Å². The van der Waals surface area contributed by atoms with Crippen molar-refractivity contribution in [3.05, 3.63) is 36.2 Å². The van der Waals surface area contributed by atoms with Gasteiger partial charge in [-0.3, -0.25) is 4.98 Å². The third-order valence-corrected chi connectivity index (χ3v) is 4.55. The molecule has 1 aliphatic heterocycles. The molecule has 0 spiro atoms. The molecule has 0 bridgehead atoms. The minimum Gasteiger partial charge on any atom is -0.508 e. The van der Waals surface area contributed by atoms with Gasteiger partial charge in [0.15, 0.2) is 5.82 Å². The van der Waals surface area contributed by atoms with Crippen molar-refractivity contribution >= 4 is 5.82 Å². The molecule has 5 heteroatoms. The number of nitrogens with one attached hydrogen (secondary N) is 1. The highest BCUT2D eigenvalue weighted by Gasteiger charge is 2.14. The predicted molar refractivity (Wildman–Crippen MR) is 97.4 cm³/mol. The molecule has 1 aromatic carbocycles. The number of benzene rings is 1. The van der Waals surface area contributed by atoms with E-state index in [1.165, 1.54) is 19.3 Å². The molecule has 1 unspecified atom stereocenters. The monoisotopic (exact) mass is 326 g/mol. The number of hydrogen-bond acceptors (Lipinski definition) is 5. The Balaban J connectivity index is 1.81. The van der Waals surface area contributed by atoms with Gasteiger partial charge in [0.1, 0.15) is 11.4 Å². The van der Waals surface area contributed by atoms with Crippen LogP contribution in [0.25, 0.3) is 11.3 Å². The van der Waals surface area contributed by atoms with Crippen molar-refractivity contribution in [2.75, 3.05) is 25.5 Å². The summed E-state index contributed by atoms with van der Waals surface area (Å²) >= 11 is 0. The van der Waals surface area contributed by atoms with Crippen LogP contribution >= 0.6 is 0 Å². The highest BCUT2D eigenvalue weighted by Crippen LogP contribution is 2.30. The Hall–Kier alpha value is -2.14. The molecule has 1 saturated heterocycles. The van der Waals surface area contributed by atoms with Gasteiger partial charge in [-0.2, -0.15) is 0 Å². The number of nitrogens with zero attached hydrogens (tertiary/aromatic N) is 3. The van der Waals surface area contributed by atoms with Gasteiger partial charge < -0.3 is 15.3 Å². The average molecular weight is 326 g/mol. The van der Waals surface area contributed by atoms with E-state index in [0.717, 1.165) is 42.0 Å². The number of rotatable bonds is 5. The lowest BCUT2D eigenvalue weighted by atomic mass is 9.96. The highest BCUT2D eigenvalue weighted by atomic mass is 16.3. The fourth-order valence-corrected chi connectivity index (χ4v) is 3.33. The zero-order valence-corrected chi connectivity index (χ0v) is 14.5. The molecule has 3 rings (SSSR count). The predicted octanol–water partition coefficient (Wildman–Crippen LogP) is 2.99. The second-order valence-corrected chi connectivity index (χ2v) is 6.70. The number of piperidine rings is 1. The van der Waals surface area contributed by atoms with Crippen LogP contribution < -0.4 is 10.2 Å². The normalized spacial score (nSPS) is 17.7. The second kappa shape index (κ2) is 7.62. The van der Waals surface area contributed by atoms with Gasteiger partial charge in [-0.05, 0) is 56.0 Å². The maximum atomic E-state index is 10.1. The Morgan fingerprint density at radius 3 is 2.75 bits per heavy atom. The molecule has 1 atom stereocenters. The second-order valence-electron chi connectivity index (χ2n) is 6.70. The Labute approximate surface area is 143 Å². The lowest BCUT2D eigenvalue weighted by Crippen LogP contribution is -2.34. The SMILES string of the molecule is CN(C)c1nccnc1-c1cc(O)cc(CCC2CCCCN2)c1. The molecule has 2 aromatic rings. The van der Waals surface area contributed by atoms with Crippen molar-refractivity contribution in [1.82, 2.24) is 15.3 Å². The molecule has 1 fully saturated rings. The number of anilines is 1. The third-order valence-electron chi connectivity index (χ3n) is 4.55. The Morgan fingerprint density at radius 2 is 2.00 bits per heavy atom. The largest absolute Gasteiger partial charge is 0.508 e. The molecule has 0 saturated carbocycles. The fourth-order valence-electron chi connectivity index (χ4n) is 3.33. The number of phenolic OH excluding ortho intramolecular Hbond substituents is 1. The smallest absolute Gasteiger partial charge is 0.154 e. The van der Waals surface area contributed by atoms with E-state index in [2.05, 4.69) is 21.4 Å². The zero-order chi connectivity index (χ0) is 16.9. The summed E-state index contributed by atoms with van der Waals surface area (Å²) in [5, 5.41) is 13.7. The molecule has 0 amide bonds. The van der Waals surface area contributed by atoms with Gasteiger partial charge in [0, 0.05) is 38.1 Å². The van der Waals surface area contributed by atoms with Crippen LogP contribution in [-0.4, -0.2) is 41.8 Å². The first-order chi connectivity index (χ1) is 11.6. The van der Waals surface area contributed by atoms with Crippen LogP contribution in [0.3, 0.4) is 0 Å². The highest BCUT2D eigenvalue weighted by molar-refractivity contribution is 5.73. The summed E-state index contributed by atoms with van der Waals surface area (Å²) < 4.78 is 0. The first-order valence-corrected chi connectivity index (χ1v) is 8.68. The molecule has 5 nitrogen and oxygen atoms in total. The first-order valence-electron chi connectivity index (χ1n) is 8.68. The molecule has 2 heterocycles. The van der Waals surface area contributed by atoms with Crippen molar-refractivity contribution in [2.45, 2.75) is 38.1 Å². The van der Waals surface area contributed by atoms with Gasteiger partial charge in [0.25, 0.3) is 0 Å². The minimum absolute atomic E-state index is 0.287. The van der Waals surface area contributed by atoms with Crippen LogP contribution in [0.2, 0.25) is 0 Å². The van der Waals surface area contributed by atoms with Crippen LogP contribution in [-0.2, 0) is 6.42 Å². The van der Waals surface area contributed by atoms with E-state index in [1.54, 1.807) is 18.5 Å². The summed E-state index contributed by atoms with van der Waals surface area (Å²) in [5.41, 5.74) is 2.86. The van der Waals surface area contributed by atoms with Crippen molar-refractivity contribution in [2.24, 2.45) is 0 Å². The Bertz CT molecular complexity index is 681. The third kappa shape index (κ3) is 4.03. The summed E-state index contributed by atoms with van der Waals surface area (Å²) in [6.07, 6.45) is 9.29. The Morgan fingerprint density at radius 1 is 1.17 bits per heavy atom. The number of aromatic hydroxyl groups is 1. The standard InChI is InChI=1S/C19H26N4O/c1-23(2)19-18(21-9-10-22-19)15-11-14(12-17(24)13-15)6-7-16-5-3-4-8-20-16/h9-13,16,20,24H,3-8H2,1-2H3. The van der Waals surface area contributed by atoms with E-state index < -0.39 is 0 Å². The van der Waals surface area contributed by atoms with E-state index in [1.807, 2.05) is 25.1 Å².